The van der Waals surface area contributed by atoms with E-state index in [1.807, 2.05) is 0 Å². The maximum Gasteiger partial charge on any atom is 0.440 e. The number of hydrogen-bond donors (Lipinski definition) is 1. The van der Waals surface area contributed by atoms with Crippen molar-refractivity contribution in [2.24, 2.45) is 0 Å². The van der Waals surface area contributed by atoms with Gasteiger partial charge in [-0.1, -0.05) is 0 Å². The maximum atomic E-state index is 13.2. The molecule has 0 radical (unpaired) electrons. The van der Waals surface area contributed by atoms with Crippen LogP contribution in [0.1, 0.15) is 0 Å². The summed E-state index contributed by atoms with van der Waals surface area (Å²) in [6.45, 7) is 0. The lowest BCUT2D eigenvalue weighted by Crippen LogP contribution is -2.72. The SMILES string of the molecule is O=S(=O)(O)C(F)(F)C(F)(F)C(F)(F)C(F)(F)C(F)(F)OC(F)(F)C(F)(C(F)(F)F)C(F)(F)F. The van der Waals surface area contributed by atoms with Crippen LogP contribution in [0.4, 0.5) is 83.4 Å². The highest BCUT2D eigenvalue weighted by Gasteiger charge is 2.93. The lowest BCUT2D eigenvalue weighted by Gasteiger charge is -2.41. The van der Waals surface area contributed by atoms with Gasteiger partial charge in [0.15, 0.2) is 0 Å². The smallest absolute Gasteiger partial charge is 0.281 e. The van der Waals surface area contributed by atoms with Gasteiger partial charge in [-0.3, -0.25) is 4.55 Å². The average Bonchev–Trinajstić information content (AvgIpc) is 2.48. The Hall–Kier alpha value is -1.46. The first kappa shape index (κ1) is 31.5. The first-order valence-corrected chi connectivity index (χ1v) is 7.91. The second kappa shape index (κ2) is 7.52. The third-order valence-corrected chi connectivity index (χ3v) is 4.19. The van der Waals surface area contributed by atoms with Crippen LogP contribution in [-0.4, -0.2) is 66.2 Å². The van der Waals surface area contributed by atoms with Crippen molar-refractivity contribution < 1.29 is 101 Å². The Labute approximate surface area is 166 Å². The van der Waals surface area contributed by atoms with Gasteiger partial charge in [-0.05, 0) is 0 Å². The molecule has 4 nitrogen and oxygen atoms in total. The average molecular weight is 566 g/mol. The van der Waals surface area contributed by atoms with Gasteiger partial charge in [0.2, 0.25) is 0 Å². The molecule has 1 N–H and O–H groups in total. The van der Waals surface area contributed by atoms with Crippen molar-refractivity contribution in [1.29, 1.82) is 0 Å². The molecule has 0 aromatic rings. The fraction of sp³-hybridized carbons (Fsp3) is 1.00. The quantitative estimate of drug-likeness (QED) is 0.316. The van der Waals surface area contributed by atoms with Gasteiger partial charge in [0.05, 0.1) is 0 Å². The minimum atomic E-state index is -8.75. The van der Waals surface area contributed by atoms with Crippen LogP contribution in [-0.2, 0) is 14.9 Å². The van der Waals surface area contributed by atoms with Gasteiger partial charge in [0.25, 0.3) is 0 Å². The van der Waals surface area contributed by atoms with Crippen LogP contribution in [0.15, 0.2) is 0 Å². The molecule has 0 saturated carbocycles. The lowest BCUT2D eigenvalue weighted by atomic mass is 10.0. The Morgan fingerprint density at radius 1 is 0.485 bits per heavy atom. The second-order valence-corrected chi connectivity index (χ2v) is 6.97. The lowest BCUT2D eigenvalue weighted by molar-refractivity contribution is -0.523. The zero-order valence-electron chi connectivity index (χ0n) is 13.8. The molecule has 33 heavy (non-hydrogen) atoms. The molecule has 0 aliphatic carbocycles. The fourth-order valence-electron chi connectivity index (χ4n) is 1.51. The maximum absolute atomic E-state index is 13.2. The predicted octanol–water partition coefficient (Wildman–Crippen LogP) is 5.41. The summed E-state index contributed by atoms with van der Waals surface area (Å²) >= 11 is 0. The highest BCUT2D eigenvalue weighted by Crippen LogP contribution is 2.61. The predicted molar refractivity (Wildman–Crippen MR) is 58.3 cm³/mol. The monoisotopic (exact) mass is 566 g/mol. The van der Waals surface area contributed by atoms with Crippen LogP contribution in [0, 0.1) is 0 Å². The molecule has 0 saturated heterocycles. The van der Waals surface area contributed by atoms with E-state index in [9.17, 15) is 91.8 Å². The van der Waals surface area contributed by atoms with Crippen molar-refractivity contribution in [2.75, 3.05) is 0 Å². The summed E-state index contributed by atoms with van der Waals surface area (Å²) in [7, 11) is -7.93. The number of alkyl halides is 19. The van der Waals surface area contributed by atoms with E-state index in [2.05, 4.69) is 0 Å². The van der Waals surface area contributed by atoms with Gasteiger partial charge in [0, 0.05) is 0 Å². The standard InChI is InChI=1S/C9HF19O4S/c10-1(5(17,18)19,6(20,21)22)7(23,24)32-8(25,26)3(13,14)2(11,12)4(15,16)9(27,28)33(29,30)31/h(H,29,30,31). The molecule has 0 heterocycles. The van der Waals surface area contributed by atoms with Crippen molar-refractivity contribution in [3.8, 4) is 0 Å². The van der Waals surface area contributed by atoms with Crippen molar-refractivity contribution in [1.82, 2.24) is 0 Å². The number of ether oxygens (including phenoxy) is 1. The minimum absolute atomic E-state index is 0.886. The molecule has 0 aliphatic heterocycles. The largest absolute Gasteiger partial charge is 0.440 e. The third-order valence-electron chi connectivity index (χ3n) is 3.28. The van der Waals surface area contributed by atoms with E-state index in [0.29, 0.717) is 0 Å². The van der Waals surface area contributed by atoms with Gasteiger partial charge < -0.3 is 0 Å². The summed E-state index contributed by atoms with van der Waals surface area (Å²) in [5.41, 5.74) is -8.41. The molecule has 0 aromatic heterocycles. The molecule has 0 atom stereocenters. The van der Waals surface area contributed by atoms with E-state index in [-0.39, 0.29) is 0 Å². The highest BCUT2D eigenvalue weighted by atomic mass is 32.2. The molecule has 0 aromatic carbocycles. The number of hydrogen-bond acceptors (Lipinski definition) is 3. The third kappa shape index (κ3) is 4.25. The highest BCUT2D eigenvalue weighted by molar-refractivity contribution is 7.87. The Balaban J connectivity index is 6.83. The van der Waals surface area contributed by atoms with Crippen LogP contribution in [0.5, 0.6) is 0 Å². The summed E-state index contributed by atoms with van der Waals surface area (Å²) in [6.07, 6.45) is -33.1. The first-order valence-electron chi connectivity index (χ1n) is 6.47. The van der Waals surface area contributed by atoms with Crippen LogP contribution < -0.4 is 0 Å². The fourth-order valence-corrected chi connectivity index (χ4v) is 1.96. The van der Waals surface area contributed by atoms with Crippen molar-refractivity contribution in [2.45, 2.75) is 53.3 Å². The van der Waals surface area contributed by atoms with Gasteiger partial charge in [-0.25, -0.2) is 9.13 Å². The first-order chi connectivity index (χ1) is 13.7. The second-order valence-electron chi connectivity index (χ2n) is 5.50. The molecule has 0 rings (SSSR count). The Kier molecular flexibility index (Phi) is 7.18. The summed E-state index contributed by atoms with van der Waals surface area (Å²) in [5.74, 6) is -25.9. The molecule has 0 bridgehead atoms. The van der Waals surface area contributed by atoms with E-state index >= 15 is 0 Å². The van der Waals surface area contributed by atoms with Crippen LogP contribution in [0.25, 0.3) is 0 Å². The van der Waals surface area contributed by atoms with E-state index in [0.717, 1.165) is 4.74 Å². The van der Waals surface area contributed by atoms with Crippen LogP contribution >= 0.6 is 0 Å². The summed E-state index contributed by atoms with van der Waals surface area (Å²) in [4.78, 5) is 0. The zero-order chi connectivity index (χ0) is 27.7. The molecule has 24 heteroatoms. The van der Waals surface area contributed by atoms with Gasteiger partial charge in [-0.15, -0.1) is 0 Å². The van der Waals surface area contributed by atoms with Gasteiger partial charge in [-0.2, -0.15) is 87.4 Å². The van der Waals surface area contributed by atoms with Gasteiger partial charge in [0.1, 0.15) is 0 Å². The molecule has 0 spiro atoms. The van der Waals surface area contributed by atoms with Crippen molar-refractivity contribution in [3.63, 3.8) is 0 Å². The topological polar surface area (TPSA) is 63.6 Å². The molecular formula is C9HF19O4S. The molecule has 200 valence electrons. The molecule has 0 fully saturated rings. The minimum Gasteiger partial charge on any atom is -0.281 e. The summed E-state index contributed by atoms with van der Waals surface area (Å²) in [6, 6.07) is 0. The molecule has 0 amide bonds. The van der Waals surface area contributed by atoms with E-state index in [4.69, 9.17) is 4.55 Å². The van der Waals surface area contributed by atoms with E-state index < -0.39 is 63.4 Å². The Morgan fingerprint density at radius 3 is 1.03 bits per heavy atom. The molecular weight excluding hydrogens is 565 g/mol. The summed E-state index contributed by atoms with van der Waals surface area (Å²) in [5, 5.41) is -7.87. The number of rotatable bonds is 8. The zero-order valence-corrected chi connectivity index (χ0v) is 14.6. The van der Waals surface area contributed by atoms with Crippen LogP contribution in [0.3, 0.4) is 0 Å². The van der Waals surface area contributed by atoms with E-state index in [1.54, 1.807) is 0 Å². The number of halogens is 19. The van der Waals surface area contributed by atoms with Crippen LogP contribution in [0.2, 0.25) is 0 Å². The van der Waals surface area contributed by atoms with E-state index in [1.165, 1.54) is 0 Å². The Bertz CT molecular complexity index is 822. The molecule has 0 aliphatic rings. The van der Waals surface area contributed by atoms with Gasteiger partial charge >= 0.3 is 63.4 Å². The van der Waals surface area contributed by atoms with Crippen molar-refractivity contribution >= 4 is 10.1 Å². The molecule has 0 unspecified atom stereocenters. The normalized spacial score (nSPS) is 16.8. The van der Waals surface area contributed by atoms with Crippen molar-refractivity contribution in [3.05, 3.63) is 0 Å². The Morgan fingerprint density at radius 2 is 0.788 bits per heavy atom. The summed E-state index contributed by atoms with van der Waals surface area (Å²) < 4.78 is 271.